The average molecular weight is 449 g/mol. The Balaban J connectivity index is 1.57. The summed E-state index contributed by atoms with van der Waals surface area (Å²) >= 11 is 5.69. The average Bonchev–Trinajstić information content (AvgIpc) is 3.44. The molecule has 0 amide bonds. The molecule has 0 fully saturated rings. The first-order valence-corrected chi connectivity index (χ1v) is 9.96. The Labute approximate surface area is 182 Å². The summed E-state index contributed by atoms with van der Waals surface area (Å²) in [7, 11) is 1.24. The predicted octanol–water partition coefficient (Wildman–Crippen LogP) is 1.65. The lowest BCUT2D eigenvalue weighted by Gasteiger charge is -2.07. The van der Waals surface area contributed by atoms with Gasteiger partial charge in [-0.2, -0.15) is 9.67 Å². The highest BCUT2D eigenvalue weighted by Crippen LogP contribution is 2.08. The lowest BCUT2D eigenvalue weighted by molar-refractivity contribution is 0.0129. The molecule has 0 bridgehead atoms. The number of benzene rings is 1. The monoisotopic (exact) mass is 448 g/mol. The molecule has 2 heterocycles. The fourth-order valence-corrected chi connectivity index (χ4v) is 2.65. The van der Waals surface area contributed by atoms with E-state index in [9.17, 15) is 9.59 Å². The van der Waals surface area contributed by atoms with Gasteiger partial charge in [0.25, 0.3) is 5.95 Å². The number of esters is 2. The molecule has 31 heavy (non-hydrogen) atoms. The van der Waals surface area contributed by atoms with E-state index in [-0.39, 0.29) is 31.7 Å². The van der Waals surface area contributed by atoms with Crippen LogP contribution in [0.3, 0.4) is 0 Å². The van der Waals surface area contributed by atoms with Gasteiger partial charge in [-0.05, 0) is 25.0 Å². The Kier molecular flexibility index (Phi) is 8.07. The number of methoxy groups -OCH3 is 1. The van der Waals surface area contributed by atoms with Crippen LogP contribution in [-0.4, -0.2) is 67.9 Å². The zero-order chi connectivity index (χ0) is 22.1. The second-order valence-corrected chi connectivity index (χ2v) is 6.59. The summed E-state index contributed by atoms with van der Waals surface area (Å²) < 4.78 is 17.9. The van der Waals surface area contributed by atoms with E-state index in [0.29, 0.717) is 17.9 Å². The highest BCUT2D eigenvalue weighted by Gasteiger charge is 2.20. The quantitative estimate of drug-likeness (QED) is 0.244. The molecule has 0 radical (unpaired) electrons. The van der Waals surface area contributed by atoms with Gasteiger partial charge in [0.1, 0.15) is 13.3 Å². The summed E-state index contributed by atoms with van der Waals surface area (Å²) in [6.07, 6.45) is 3.09. The van der Waals surface area contributed by atoms with Crippen LogP contribution in [0, 0.1) is 0 Å². The first kappa shape index (κ1) is 22.4. The number of rotatable bonds is 11. The van der Waals surface area contributed by atoms with Crippen molar-refractivity contribution in [1.82, 2.24) is 29.8 Å². The number of carbonyl (C=O) groups excluding carboxylic acids is 2. The van der Waals surface area contributed by atoms with Crippen LogP contribution >= 0.6 is 11.6 Å². The number of alkyl halides is 1. The van der Waals surface area contributed by atoms with Crippen molar-refractivity contribution in [3.63, 3.8) is 0 Å². The van der Waals surface area contributed by atoms with Crippen LogP contribution < -0.4 is 0 Å². The number of carbonyl (C=O) groups is 2. The van der Waals surface area contributed by atoms with E-state index in [0.717, 1.165) is 12.1 Å². The van der Waals surface area contributed by atoms with Gasteiger partial charge in [-0.15, -0.1) is 21.8 Å². The second kappa shape index (κ2) is 11.2. The molecule has 0 unspecified atom stereocenters. The highest BCUT2D eigenvalue weighted by molar-refractivity contribution is 6.17. The van der Waals surface area contributed by atoms with Crippen molar-refractivity contribution in [3.8, 4) is 5.95 Å². The van der Waals surface area contributed by atoms with Gasteiger partial charge in [0, 0.05) is 5.88 Å². The molecular formula is C19H21ClN6O5. The van der Waals surface area contributed by atoms with Crippen LogP contribution in [0.15, 0.2) is 36.5 Å². The summed E-state index contributed by atoms with van der Waals surface area (Å²) in [5, 5.41) is 12.2. The summed E-state index contributed by atoms with van der Waals surface area (Å²) in [6, 6.07) is 8.63. The first-order valence-electron chi connectivity index (χ1n) is 9.43. The topological polar surface area (TPSA) is 123 Å². The minimum absolute atomic E-state index is 0.0375. The fourth-order valence-electron chi connectivity index (χ4n) is 2.52. The van der Waals surface area contributed by atoms with Crippen molar-refractivity contribution in [2.75, 3.05) is 26.2 Å². The third kappa shape index (κ3) is 6.09. The molecule has 12 heteroatoms. The molecule has 0 aliphatic rings. The predicted molar refractivity (Wildman–Crippen MR) is 108 cm³/mol. The van der Waals surface area contributed by atoms with Gasteiger partial charge in [-0.1, -0.05) is 23.4 Å². The Morgan fingerprint density at radius 1 is 1.13 bits per heavy atom. The van der Waals surface area contributed by atoms with Crippen molar-refractivity contribution >= 4 is 23.5 Å². The molecule has 0 atom stereocenters. The van der Waals surface area contributed by atoms with Crippen LogP contribution in [0.4, 0.5) is 0 Å². The van der Waals surface area contributed by atoms with Crippen molar-refractivity contribution in [2.45, 2.75) is 19.6 Å². The maximum atomic E-state index is 12.0. The van der Waals surface area contributed by atoms with Gasteiger partial charge >= 0.3 is 11.9 Å². The number of nitrogens with zero attached hydrogens (tertiary/aromatic N) is 6. The molecule has 0 spiro atoms. The molecular weight excluding hydrogens is 428 g/mol. The van der Waals surface area contributed by atoms with Crippen LogP contribution in [0.5, 0.6) is 0 Å². The standard InChI is InChI=1S/C19H21ClN6O5/c1-29-18(28)16-21-19(25-12-15(22-24-25)8-5-9-20)23-26(16)13-30-10-11-31-17(27)14-6-3-2-4-7-14/h2-4,6-7,12H,5,8-11,13H2,1H3. The largest absolute Gasteiger partial charge is 0.463 e. The summed E-state index contributed by atoms with van der Waals surface area (Å²) in [4.78, 5) is 28.1. The zero-order valence-electron chi connectivity index (χ0n) is 16.8. The molecule has 2 aromatic heterocycles. The molecule has 164 valence electrons. The molecule has 0 saturated heterocycles. The molecule has 11 nitrogen and oxygen atoms in total. The summed E-state index contributed by atoms with van der Waals surface area (Å²) in [5.74, 6) is -0.524. The van der Waals surface area contributed by atoms with Gasteiger partial charge in [0.15, 0.2) is 0 Å². The van der Waals surface area contributed by atoms with E-state index in [1.54, 1.807) is 30.5 Å². The van der Waals surface area contributed by atoms with Crippen LogP contribution in [0.2, 0.25) is 0 Å². The Morgan fingerprint density at radius 2 is 1.94 bits per heavy atom. The summed E-state index contributed by atoms with van der Waals surface area (Å²) in [5.41, 5.74) is 1.18. The smallest absolute Gasteiger partial charge is 0.375 e. The molecule has 0 saturated carbocycles. The van der Waals surface area contributed by atoms with Crippen molar-refractivity contribution in [2.24, 2.45) is 0 Å². The third-order valence-electron chi connectivity index (χ3n) is 4.02. The van der Waals surface area contributed by atoms with E-state index >= 15 is 0 Å². The lowest BCUT2D eigenvalue weighted by Crippen LogP contribution is -2.17. The van der Waals surface area contributed by atoms with Crippen LogP contribution in [-0.2, 0) is 27.4 Å². The number of aromatic nitrogens is 6. The minimum Gasteiger partial charge on any atom is -0.463 e. The van der Waals surface area contributed by atoms with Crippen molar-refractivity contribution in [1.29, 1.82) is 0 Å². The minimum atomic E-state index is -0.680. The lowest BCUT2D eigenvalue weighted by atomic mass is 10.2. The van der Waals surface area contributed by atoms with E-state index in [4.69, 9.17) is 25.8 Å². The maximum Gasteiger partial charge on any atom is 0.375 e. The van der Waals surface area contributed by atoms with Crippen molar-refractivity contribution < 1.29 is 23.8 Å². The SMILES string of the molecule is COC(=O)c1nc(-n2cc(CCCCl)nn2)nn1COCCOC(=O)c1ccccc1. The van der Waals surface area contributed by atoms with E-state index in [1.165, 1.54) is 16.5 Å². The van der Waals surface area contributed by atoms with Crippen LogP contribution in [0.1, 0.15) is 33.1 Å². The van der Waals surface area contributed by atoms with E-state index in [1.807, 2.05) is 6.07 Å². The van der Waals surface area contributed by atoms with Gasteiger partial charge in [-0.3, -0.25) is 0 Å². The van der Waals surface area contributed by atoms with Gasteiger partial charge < -0.3 is 14.2 Å². The summed E-state index contributed by atoms with van der Waals surface area (Å²) in [6.45, 7) is 0.0320. The zero-order valence-corrected chi connectivity index (χ0v) is 17.6. The van der Waals surface area contributed by atoms with Crippen LogP contribution in [0.25, 0.3) is 5.95 Å². The van der Waals surface area contributed by atoms with Crippen molar-refractivity contribution in [3.05, 3.63) is 53.6 Å². The number of aryl methyl sites for hydroxylation is 1. The number of hydrogen-bond donors (Lipinski definition) is 0. The maximum absolute atomic E-state index is 12.0. The third-order valence-corrected chi connectivity index (χ3v) is 4.29. The number of halogens is 1. The second-order valence-electron chi connectivity index (χ2n) is 6.21. The fraction of sp³-hybridized carbons (Fsp3) is 0.368. The number of hydrogen-bond acceptors (Lipinski definition) is 9. The van der Waals surface area contributed by atoms with Gasteiger partial charge in [0.05, 0.1) is 31.2 Å². The molecule has 1 aromatic carbocycles. The van der Waals surface area contributed by atoms with E-state index < -0.39 is 11.9 Å². The Morgan fingerprint density at radius 3 is 2.68 bits per heavy atom. The first-order chi connectivity index (χ1) is 15.1. The molecule has 3 aromatic rings. The highest BCUT2D eigenvalue weighted by atomic mass is 35.5. The van der Waals surface area contributed by atoms with E-state index in [2.05, 4.69) is 20.4 Å². The molecule has 0 aliphatic heterocycles. The number of ether oxygens (including phenoxy) is 3. The Hall–Kier alpha value is -3.31. The molecule has 0 aliphatic carbocycles. The van der Waals surface area contributed by atoms with Gasteiger partial charge in [0.2, 0.25) is 5.82 Å². The molecule has 3 rings (SSSR count). The van der Waals surface area contributed by atoms with Gasteiger partial charge in [-0.25, -0.2) is 14.3 Å². The molecule has 0 N–H and O–H groups in total. The Bertz CT molecular complexity index is 1010. The normalized spacial score (nSPS) is 10.8.